The predicted molar refractivity (Wildman–Crippen MR) is 208 cm³/mol. The molecule has 2 aromatic heterocycles. The average molecular weight is 767 g/mol. The monoisotopic (exact) mass is 766 g/mol. The molecule has 3 aromatic carbocycles. The molecule has 0 spiro atoms. The van der Waals surface area contributed by atoms with Crippen LogP contribution in [0.5, 0.6) is 17.2 Å². The van der Waals surface area contributed by atoms with Crippen molar-refractivity contribution >= 4 is 29.2 Å². The van der Waals surface area contributed by atoms with Crippen molar-refractivity contribution in [1.29, 1.82) is 0 Å². The highest BCUT2D eigenvalue weighted by Gasteiger charge is 2.35. The standard InChI is InChI=1S/C43H44ClFN4O6/c1-48(43(52)40(50)34-26-38(53-2)41(55-4)39(27-34)54-3)37(25-30-6-11-35(44)12-7-30)42(51)49(28-31-8-13-36(45)14-9-31)24-19-32(33-17-22-47-23-18-33)10-5-29-15-20-46-21-16-29/h6-9,11-18,20-23,26-27,32,37H,5,10,19,24-25,28H2,1-4H3/t32?,37-/m0/s1. The number of nitrogens with zero attached hydrogens (tertiary/aromatic N) is 4. The van der Waals surface area contributed by atoms with Crippen molar-refractivity contribution in [3.05, 3.63) is 148 Å². The van der Waals surface area contributed by atoms with E-state index in [1.54, 1.807) is 66.1 Å². The summed E-state index contributed by atoms with van der Waals surface area (Å²) in [5.74, 6) is -1.83. The maximum absolute atomic E-state index is 15.0. The molecule has 0 N–H and O–H groups in total. The van der Waals surface area contributed by atoms with Gasteiger partial charge in [-0.2, -0.15) is 0 Å². The molecule has 286 valence electrons. The van der Waals surface area contributed by atoms with E-state index in [0.29, 0.717) is 23.6 Å². The van der Waals surface area contributed by atoms with Gasteiger partial charge in [-0.1, -0.05) is 35.9 Å². The zero-order valence-corrected chi connectivity index (χ0v) is 32.0. The van der Waals surface area contributed by atoms with Crippen LogP contribution < -0.4 is 14.2 Å². The number of ketones is 1. The maximum Gasteiger partial charge on any atom is 0.295 e. The molecular formula is C43H44ClFN4O6. The molecule has 5 aromatic rings. The second kappa shape index (κ2) is 19.5. The molecule has 0 saturated carbocycles. The lowest BCUT2D eigenvalue weighted by Crippen LogP contribution is -2.52. The molecule has 0 saturated heterocycles. The molecule has 0 bridgehead atoms. The third-order valence-corrected chi connectivity index (χ3v) is 9.84. The van der Waals surface area contributed by atoms with E-state index in [0.717, 1.165) is 29.5 Å². The Balaban J connectivity index is 1.49. The lowest BCUT2D eigenvalue weighted by molar-refractivity contribution is -0.143. The van der Waals surface area contributed by atoms with Gasteiger partial charge in [-0.3, -0.25) is 24.4 Å². The van der Waals surface area contributed by atoms with Gasteiger partial charge in [0.05, 0.1) is 21.3 Å². The number of amides is 2. The zero-order chi connectivity index (χ0) is 39.3. The largest absolute Gasteiger partial charge is 0.493 e. The van der Waals surface area contributed by atoms with Gasteiger partial charge in [-0.25, -0.2) is 4.39 Å². The van der Waals surface area contributed by atoms with E-state index in [4.69, 9.17) is 25.8 Å². The van der Waals surface area contributed by atoms with Crippen LogP contribution in [0.2, 0.25) is 5.02 Å². The molecule has 5 rings (SSSR count). The number of carbonyl (C=O) groups is 3. The average Bonchev–Trinajstić information content (AvgIpc) is 3.22. The number of benzene rings is 3. The summed E-state index contributed by atoms with van der Waals surface area (Å²) in [5, 5.41) is 0.514. The van der Waals surface area contributed by atoms with Crippen LogP contribution in [0.3, 0.4) is 0 Å². The molecule has 10 nitrogen and oxygen atoms in total. The van der Waals surface area contributed by atoms with Crippen LogP contribution in [-0.4, -0.2) is 78.3 Å². The quantitative estimate of drug-likeness (QED) is 0.0672. The number of hydrogen-bond acceptors (Lipinski definition) is 8. The van der Waals surface area contributed by atoms with E-state index in [1.807, 2.05) is 24.3 Å². The predicted octanol–water partition coefficient (Wildman–Crippen LogP) is 7.38. The van der Waals surface area contributed by atoms with E-state index in [2.05, 4.69) is 9.97 Å². The molecular weight excluding hydrogens is 723 g/mol. The van der Waals surface area contributed by atoms with Crippen LogP contribution in [0, 0.1) is 5.82 Å². The molecule has 0 aliphatic heterocycles. The summed E-state index contributed by atoms with van der Waals surface area (Å²) in [5.41, 5.74) is 3.67. The first-order valence-corrected chi connectivity index (χ1v) is 18.2. The summed E-state index contributed by atoms with van der Waals surface area (Å²) < 4.78 is 30.2. The topological polar surface area (TPSA) is 111 Å². The minimum atomic E-state index is -1.10. The number of aromatic nitrogens is 2. The first kappa shape index (κ1) is 40.4. The highest BCUT2D eigenvalue weighted by molar-refractivity contribution is 6.43. The van der Waals surface area contributed by atoms with Gasteiger partial charge in [0.25, 0.3) is 11.7 Å². The molecule has 0 aliphatic carbocycles. The number of halogens is 2. The van der Waals surface area contributed by atoms with Crippen LogP contribution >= 0.6 is 11.6 Å². The first-order valence-electron chi connectivity index (χ1n) is 17.8. The minimum Gasteiger partial charge on any atom is -0.493 e. The van der Waals surface area contributed by atoms with Crippen molar-refractivity contribution in [2.75, 3.05) is 34.9 Å². The summed E-state index contributed by atoms with van der Waals surface area (Å²) in [4.78, 5) is 54.1. The van der Waals surface area contributed by atoms with Crippen molar-refractivity contribution in [1.82, 2.24) is 19.8 Å². The fourth-order valence-electron chi connectivity index (χ4n) is 6.47. The summed E-state index contributed by atoms with van der Waals surface area (Å²) in [7, 11) is 5.70. The van der Waals surface area contributed by atoms with Gasteiger partial charge < -0.3 is 24.0 Å². The van der Waals surface area contributed by atoms with E-state index >= 15 is 0 Å². The number of likely N-dealkylation sites (N-methyl/N-ethyl adjacent to an activating group) is 1. The number of ether oxygens (including phenoxy) is 3. The molecule has 2 amide bonds. The fraction of sp³-hybridized carbons (Fsp3) is 0.279. The van der Waals surface area contributed by atoms with Gasteiger partial charge in [-0.05, 0) is 108 Å². The number of carbonyl (C=O) groups excluding carboxylic acids is 3. The lowest BCUT2D eigenvalue weighted by atomic mass is 9.90. The summed E-state index contributed by atoms with van der Waals surface area (Å²) in [6.45, 7) is 0.450. The smallest absolute Gasteiger partial charge is 0.295 e. The summed E-state index contributed by atoms with van der Waals surface area (Å²) >= 11 is 6.19. The lowest BCUT2D eigenvalue weighted by Gasteiger charge is -2.33. The Labute approximate surface area is 325 Å². The minimum absolute atomic E-state index is 0.00148. The number of methoxy groups -OCH3 is 3. The van der Waals surface area contributed by atoms with Crippen LogP contribution in [0.1, 0.15) is 51.4 Å². The second-order valence-corrected chi connectivity index (χ2v) is 13.5. The van der Waals surface area contributed by atoms with Crippen molar-refractivity contribution in [3.63, 3.8) is 0 Å². The molecule has 1 unspecified atom stereocenters. The van der Waals surface area contributed by atoms with Crippen molar-refractivity contribution in [2.24, 2.45) is 0 Å². The maximum atomic E-state index is 15.0. The fourth-order valence-corrected chi connectivity index (χ4v) is 6.60. The van der Waals surface area contributed by atoms with Crippen LogP contribution in [0.4, 0.5) is 4.39 Å². The summed E-state index contributed by atoms with van der Waals surface area (Å²) in [6.07, 6.45) is 9.31. The van der Waals surface area contributed by atoms with Crippen molar-refractivity contribution in [2.45, 2.75) is 44.2 Å². The number of aryl methyl sites for hydroxylation is 1. The number of Topliss-reactive ketones (excluding diaryl/α,β-unsaturated/α-hetero) is 1. The Bertz CT molecular complexity index is 2010. The molecule has 0 radical (unpaired) electrons. The van der Waals surface area contributed by atoms with Crippen LogP contribution in [0.25, 0.3) is 0 Å². The van der Waals surface area contributed by atoms with Gasteiger partial charge in [0.2, 0.25) is 11.7 Å². The zero-order valence-electron chi connectivity index (χ0n) is 31.3. The third-order valence-electron chi connectivity index (χ3n) is 9.59. The first-order chi connectivity index (χ1) is 26.6. The highest BCUT2D eigenvalue weighted by atomic mass is 35.5. The molecule has 2 atom stereocenters. The van der Waals surface area contributed by atoms with E-state index in [-0.39, 0.29) is 47.6 Å². The number of hydrogen-bond donors (Lipinski definition) is 0. The number of pyridine rings is 2. The Morgan fingerprint density at radius 2 is 1.33 bits per heavy atom. The van der Waals surface area contributed by atoms with E-state index in [1.165, 1.54) is 57.5 Å². The Hall–Kier alpha value is -5.81. The molecule has 55 heavy (non-hydrogen) atoms. The molecule has 2 heterocycles. The van der Waals surface area contributed by atoms with Gasteiger partial charge in [0.1, 0.15) is 11.9 Å². The van der Waals surface area contributed by atoms with Crippen LogP contribution in [0.15, 0.2) is 110 Å². The van der Waals surface area contributed by atoms with Crippen molar-refractivity contribution in [3.8, 4) is 17.2 Å². The van der Waals surface area contributed by atoms with Gasteiger partial charge in [0.15, 0.2) is 11.5 Å². The number of rotatable bonds is 18. The summed E-state index contributed by atoms with van der Waals surface area (Å²) in [6, 6.07) is 22.6. The van der Waals surface area contributed by atoms with E-state index < -0.39 is 23.5 Å². The van der Waals surface area contributed by atoms with Crippen LogP contribution in [-0.2, 0) is 29.0 Å². The molecule has 0 fully saturated rings. The SMILES string of the molecule is COc1cc(C(=O)C(=O)N(C)[C@@H](Cc2ccc(Cl)cc2)C(=O)N(CCC(CCc2ccncc2)c2ccncc2)Cc2ccc(F)cc2)cc(OC)c1OC. The van der Waals surface area contributed by atoms with Gasteiger partial charge >= 0.3 is 0 Å². The molecule has 0 aliphatic rings. The second-order valence-electron chi connectivity index (χ2n) is 13.1. The normalized spacial score (nSPS) is 12.0. The Morgan fingerprint density at radius 1 is 0.745 bits per heavy atom. The Kier molecular flexibility index (Phi) is 14.3. The Morgan fingerprint density at radius 3 is 1.91 bits per heavy atom. The van der Waals surface area contributed by atoms with Crippen molar-refractivity contribution < 1.29 is 33.0 Å². The van der Waals surface area contributed by atoms with E-state index in [9.17, 15) is 18.8 Å². The van der Waals surface area contributed by atoms with Gasteiger partial charge in [-0.15, -0.1) is 0 Å². The third kappa shape index (κ3) is 10.7. The van der Waals surface area contributed by atoms with Gasteiger partial charge in [0, 0.05) is 61.9 Å². The highest BCUT2D eigenvalue weighted by Crippen LogP contribution is 2.38. The molecule has 12 heteroatoms.